The first-order valence-corrected chi connectivity index (χ1v) is 6.77. The van der Waals surface area contributed by atoms with Gasteiger partial charge in [0.05, 0.1) is 7.11 Å². The fraction of sp³-hybridized carbons (Fsp3) is 0.250. The summed E-state index contributed by atoms with van der Waals surface area (Å²) >= 11 is 0. The Morgan fingerprint density at radius 2 is 2.14 bits per heavy atom. The number of carbonyl (C=O) groups is 1. The zero-order chi connectivity index (χ0) is 15.2. The summed E-state index contributed by atoms with van der Waals surface area (Å²) in [5.74, 6) is 0.546. The summed E-state index contributed by atoms with van der Waals surface area (Å²) in [5.41, 5.74) is 2.05. The molecule has 5 nitrogen and oxygen atoms in total. The molecule has 0 atom stereocenters. The third-order valence-electron chi connectivity index (χ3n) is 3.11. The number of aromatic nitrogens is 1. The van der Waals surface area contributed by atoms with Gasteiger partial charge in [-0.05, 0) is 31.2 Å². The van der Waals surface area contributed by atoms with Gasteiger partial charge in [0.15, 0.2) is 0 Å². The number of pyridine rings is 1. The number of methoxy groups -OCH3 is 1. The van der Waals surface area contributed by atoms with E-state index in [2.05, 4.69) is 10.3 Å². The molecule has 0 radical (unpaired) electrons. The summed E-state index contributed by atoms with van der Waals surface area (Å²) in [7, 11) is 3.32. The van der Waals surface area contributed by atoms with Crippen LogP contribution in [0.4, 0.5) is 11.4 Å². The minimum absolute atomic E-state index is 0.164. The van der Waals surface area contributed by atoms with Crippen molar-refractivity contribution in [1.82, 2.24) is 4.98 Å². The van der Waals surface area contributed by atoms with E-state index in [0.29, 0.717) is 11.4 Å². The van der Waals surface area contributed by atoms with E-state index in [-0.39, 0.29) is 5.91 Å². The second-order valence-electron chi connectivity index (χ2n) is 4.53. The molecule has 1 N–H and O–H groups in total. The molecule has 21 heavy (non-hydrogen) atoms. The maximum atomic E-state index is 12.5. The molecule has 0 aliphatic carbocycles. The Bertz CT molecular complexity index is 628. The fourth-order valence-electron chi connectivity index (χ4n) is 1.97. The highest BCUT2D eigenvalue weighted by Gasteiger charge is 2.15. The number of hydrogen-bond donors (Lipinski definition) is 1. The number of anilines is 2. The van der Waals surface area contributed by atoms with E-state index in [0.717, 1.165) is 17.9 Å². The summed E-state index contributed by atoms with van der Waals surface area (Å²) in [5, 5.41) is 3.17. The van der Waals surface area contributed by atoms with Crippen LogP contribution in [0.15, 0.2) is 42.6 Å². The molecular weight excluding hydrogens is 266 g/mol. The molecule has 0 saturated heterocycles. The highest BCUT2D eigenvalue weighted by Crippen LogP contribution is 2.21. The molecule has 1 heterocycles. The Labute approximate surface area is 124 Å². The van der Waals surface area contributed by atoms with Crippen LogP contribution >= 0.6 is 0 Å². The highest BCUT2D eigenvalue weighted by molar-refractivity contribution is 6.04. The molecule has 0 fully saturated rings. The number of nitrogens with zero attached hydrogens (tertiary/aromatic N) is 2. The molecule has 0 bridgehead atoms. The van der Waals surface area contributed by atoms with Crippen LogP contribution in [0.25, 0.3) is 0 Å². The van der Waals surface area contributed by atoms with Gasteiger partial charge in [-0.25, -0.2) is 0 Å². The monoisotopic (exact) mass is 285 g/mol. The lowest BCUT2D eigenvalue weighted by Crippen LogP contribution is -2.27. The van der Waals surface area contributed by atoms with Crippen molar-refractivity contribution in [2.75, 3.05) is 30.9 Å². The SMILES string of the molecule is CCNc1ccnc(C(=O)N(C)c2cccc(OC)c2)c1. The lowest BCUT2D eigenvalue weighted by atomic mass is 10.2. The third-order valence-corrected chi connectivity index (χ3v) is 3.11. The summed E-state index contributed by atoms with van der Waals surface area (Å²) in [6.07, 6.45) is 1.63. The average Bonchev–Trinajstić information content (AvgIpc) is 2.54. The van der Waals surface area contributed by atoms with Crippen LogP contribution in [0, 0.1) is 0 Å². The first-order chi connectivity index (χ1) is 10.2. The van der Waals surface area contributed by atoms with Crippen LogP contribution in [0.3, 0.4) is 0 Å². The number of nitrogens with one attached hydrogen (secondary N) is 1. The first-order valence-electron chi connectivity index (χ1n) is 6.77. The van der Waals surface area contributed by atoms with Crippen LogP contribution in [-0.2, 0) is 0 Å². The van der Waals surface area contributed by atoms with Crippen molar-refractivity contribution in [2.24, 2.45) is 0 Å². The topological polar surface area (TPSA) is 54.5 Å². The van der Waals surface area contributed by atoms with Gasteiger partial charge < -0.3 is 15.0 Å². The first kappa shape index (κ1) is 14.8. The maximum Gasteiger partial charge on any atom is 0.276 e. The van der Waals surface area contributed by atoms with E-state index < -0.39 is 0 Å². The minimum Gasteiger partial charge on any atom is -0.497 e. The molecule has 0 spiro atoms. The van der Waals surface area contributed by atoms with E-state index >= 15 is 0 Å². The van der Waals surface area contributed by atoms with Crippen LogP contribution in [0.5, 0.6) is 5.75 Å². The Morgan fingerprint density at radius 3 is 2.86 bits per heavy atom. The van der Waals surface area contributed by atoms with Crippen LogP contribution < -0.4 is 15.0 Å². The second-order valence-corrected chi connectivity index (χ2v) is 4.53. The summed E-state index contributed by atoms with van der Waals surface area (Å²) in [6, 6.07) is 10.9. The fourth-order valence-corrected chi connectivity index (χ4v) is 1.97. The molecule has 0 aliphatic rings. The van der Waals surface area contributed by atoms with E-state index in [9.17, 15) is 4.79 Å². The molecular formula is C16H19N3O2. The van der Waals surface area contributed by atoms with E-state index in [4.69, 9.17) is 4.74 Å². The number of amides is 1. The number of hydrogen-bond acceptors (Lipinski definition) is 4. The van der Waals surface area contributed by atoms with Gasteiger partial charge in [0, 0.05) is 37.2 Å². The molecule has 0 aliphatic heterocycles. The van der Waals surface area contributed by atoms with Gasteiger partial charge in [-0.15, -0.1) is 0 Å². The van der Waals surface area contributed by atoms with Crippen molar-refractivity contribution < 1.29 is 9.53 Å². The quantitative estimate of drug-likeness (QED) is 0.917. The van der Waals surface area contributed by atoms with Gasteiger partial charge >= 0.3 is 0 Å². The van der Waals surface area contributed by atoms with Crippen LogP contribution in [0.2, 0.25) is 0 Å². The zero-order valence-corrected chi connectivity index (χ0v) is 12.5. The number of rotatable bonds is 5. The molecule has 1 aromatic heterocycles. The molecule has 2 rings (SSSR count). The van der Waals surface area contributed by atoms with Gasteiger partial charge in [0.1, 0.15) is 11.4 Å². The van der Waals surface area contributed by atoms with Crippen LogP contribution in [0.1, 0.15) is 17.4 Å². The lowest BCUT2D eigenvalue weighted by Gasteiger charge is -2.18. The number of carbonyl (C=O) groups excluding carboxylic acids is 1. The highest BCUT2D eigenvalue weighted by atomic mass is 16.5. The zero-order valence-electron chi connectivity index (χ0n) is 12.5. The van der Waals surface area contributed by atoms with Gasteiger partial charge in [-0.2, -0.15) is 0 Å². The van der Waals surface area contributed by atoms with Crippen molar-refractivity contribution in [3.63, 3.8) is 0 Å². The van der Waals surface area contributed by atoms with Crippen LogP contribution in [-0.4, -0.2) is 31.6 Å². The average molecular weight is 285 g/mol. The predicted molar refractivity (Wildman–Crippen MR) is 84.1 cm³/mol. The molecule has 2 aromatic rings. The maximum absolute atomic E-state index is 12.5. The van der Waals surface area contributed by atoms with Crippen molar-refractivity contribution in [1.29, 1.82) is 0 Å². The standard InChI is InChI=1S/C16H19N3O2/c1-4-17-12-8-9-18-15(10-12)16(20)19(2)13-6-5-7-14(11-13)21-3/h5-11H,4H2,1-3H3,(H,17,18). The van der Waals surface area contributed by atoms with E-state index in [1.807, 2.05) is 37.3 Å². The van der Waals surface area contributed by atoms with Crippen molar-refractivity contribution >= 4 is 17.3 Å². The predicted octanol–water partition coefficient (Wildman–Crippen LogP) is 2.80. The summed E-state index contributed by atoms with van der Waals surface area (Å²) < 4.78 is 5.18. The summed E-state index contributed by atoms with van der Waals surface area (Å²) in [4.78, 5) is 18.2. The van der Waals surface area contributed by atoms with Gasteiger partial charge in [0.25, 0.3) is 5.91 Å². The van der Waals surface area contributed by atoms with Crippen molar-refractivity contribution in [2.45, 2.75) is 6.92 Å². The molecule has 110 valence electrons. The molecule has 5 heteroatoms. The molecule has 0 saturated carbocycles. The lowest BCUT2D eigenvalue weighted by molar-refractivity contribution is 0.0988. The molecule has 0 unspecified atom stereocenters. The van der Waals surface area contributed by atoms with Crippen molar-refractivity contribution in [3.05, 3.63) is 48.3 Å². The second kappa shape index (κ2) is 6.74. The van der Waals surface area contributed by atoms with Gasteiger partial charge in [-0.1, -0.05) is 6.07 Å². The minimum atomic E-state index is -0.164. The number of ether oxygens (including phenoxy) is 1. The van der Waals surface area contributed by atoms with Crippen molar-refractivity contribution in [3.8, 4) is 5.75 Å². The number of benzene rings is 1. The van der Waals surface area contributed by atoms with E-state index in [1.54, 1.807) is 31.3 Å². The third kappa shape index (κ3) is 3.51. The normalized spacial score (nSPS) is 10.0. The Balaban J connectivity index is 2.23. The molecule has 1 aromatic carbocycles. The molecule has 1 amide bonds. The Hall–Kier alpha value is -2.56. The Morgan fingerprint density at radius 1 is 1.33 bits per heavy atom. The summed E-state index contributed by atoms with van der Waals surface area (Å²) in [6.45, 7) is 2.80. The smallest absolute Gasteiger partial charge is 0.276 e. The van der Waals surface area contributed by atoms with Gasteiger partial charge in [-0.3, -0.25) is 9.78 Å². The largest absolute Gasteiger partial charge is 0.497 e. The van der Waals surface area contributed by atoms with Gasteiger partial charge in [0.2, 0.25) is 0 Å². The van der Waals surface area contributed by atoms with E-state index in [1.165, 1.54) is 0 Å². The Kier molecular flexibility index (Phi) is 4.77.